The SMILES string of the molecule is CCC(C)=C/C(C(C)=O)=C1/C=NC=CN1C. The predicted molar refractivity (Wildman–Crippen MR) is 67.2 cm³/mol. The normalized spacial score (nSPS) is 19.0. The number of carbonyl (C=O) groups excluding carboxylic acids is 1. The topological polar surface area (TPSA) is 32.7 Å². The monoisotopic (exact) mass is 218 g/mol. The van der Waals surface area contributed by atoms with Crippen LogP contribution in [0.4, 0.5) is 0 Å². The summed E-state index contributed by atoms with van der Waals surface area (Å²) in [5.41, 5.74) is 2.76. The molecular weight excluding hydrogens is 200 g/mol. The number of hydrogen-bond acceptors (Lipinski definition) is 3. The van der Waals surface area contributed by atoms with Crippen molar-refractivity contribution in [1.82, 2.24) is 4.90 Å². The molecule has 1 aliphatic rings. The fourth-order valence-corrected chi connectivity index (χ4v) is 1.39. The minimum absolute atomic E-state index is 0.0661. The number of allylic oxidation sites excluding steroid dienone is 4. The van der Waals surface area contributed by atoms with Crippen molar-refractivity contribution < 1.29 is 4.79 Å². The number of carbonyl (C=O) groups is 1. The van der Waals surface area contributed by atoms with Crippen molar-refractivity contribution in [3.63, 3.8) is 0 Å². The van der Waals surface area contributed by atoms with Crippen LogP contribution in [0.25, 0.3) is 0 Å². The van der Waals surface area contributed by atoms with Gasteiger partial charge < -0.3 is 4.90 Å². The van der Waals surface area contributed by atoms with Gasteiger partial charge in [0.15, 0.2) is 5.78 Å². The van der Waals surface area contributed by atoms with Crippen molar-refractivity contribution in [2.24, 2.45) is 4.99 Å². The standard InChI is InChI=1S/C13H18N2O/c1-5-10(2)8-12(11(3)16)13-9-14-6-7-15(13)4/h6-9H,5H2,1-4H3/b10-8?,13-12+. The van der Waals surface area contributed by atoms with E-state index in [1.54, 1.807) is 19.3 Å². The molecule has 1 aliphatic heterocycles. The summed E-state index contributed by atoms with van der Waals surface area (Å²) in [6.07, 6.45) is 8.15. The van der Waals surface area contributed by atoms with Crippen LogP contribution < -0.4 is 0 Å². The van der Waals surface area contributed by atoms with Crippen molar-refractivity contribution in [2.45, 2.75) is 27.2 Å². The molecule has 0 radical (unpaired) electrons. The molecule has 0 saturated heterocycles. The van der Waals surface area contributed by atoms with Crippen molar-refractivity contribution >= 4 is 12.0 Å². The Morgan fingerprint density at radius 2 is 2.19 bits per heavy atom. The minimum atomic E-state index is 0.0661. The molecule has 0 aromatic carbocycles. The van der Waals surface area contributed by atoms with Gasteiger partial charge in [-0.05, 0) is 20.3 Å². The zero-order valence-corrected chi connectivity index (χ0v) is 10.3. The molecule has 0 spiro atoms. The maximum absolute atomic E-state index is 11.6. The summed E-state index contributed by atoms with van der Waals surface area (Å²) in [6.45, 7) is 5.69. The Bertz CT molecular complexity index is 400. The van der Waals surface area contributed by atoms with Gasteiger partial charge in [-0.3, -0.25) is 9.79 Å². The van der Waals surface area contributed by atoms with Gasteiger partial charge in [-0.15, -0.1) is 0 Å². The van der Waals surface area contributed by atoms with Crippen molar-refractivity contribution in [3.05, 3.63) is 35.3 Å². The Kier molecular flexibility index (Phi) is 4.23. The van der Waals surface area contributed by atoms with Crippen LogP contribution in [-0.2, 0) is 4.79 Å². The molecule has 0 unspecified atom stereocenters. The van der Waals surface area contributed by atoms with E-state index >= 15 is 0 Å². The van der Waals surface area contributed by atoms with Crippen LogP contribution in [-0.4, -0.2) is 23.9 Å². The summed E-state index contributed by atoms with van der Waals surface area (Å²) in [5, 5.41) is 0. The van der Waals surface area contributed by atoms with Crippen molar-refractivity contribution in [2.75, 3.05) is 7.05 Å². The second-order valence-electron chi connectivity index (χ2n) is 3.89. The van der Waals surface area contributed by atoms with Gasteiger partial charge in [0.1, 0.15) is 0 Å². The van der Waals surface area contributed by atoms with Gasteiger partial charge in [0.2, 0.25) is 0 Å². The molecule has 16 heavy (non-hydrogen) atoms. The van der Waals surface area contributed by atoms with E-state index in [1.807, 2.05) is 31.1 Å². The minimum Gasteiger partial charge on any atom is -0.348 e. The second kappa shape index (κ2) is 5.45. The van der Waals surface area contributed by atoms with Gasteiger partial charge in [0.05, 0.1) is 11.9 Å². The summed E-state index contributed by atoms with van der Waals surface area (Å²) in [7, 11) is 1.91. The van der Waals surface area contributed by atoms with E-state index in [-0.39, 0.29) is 5.78 Å². The first-order valence-electron chi connectivity index (χ1n) is 5.41. The van der Waals surface area contributed by atoms with E-state index < -0.39 is 0 Å². The predicted octanol–water partition coefficient (Wildman–Crippen LogP) is 2.67. The third-order valence-electron chi connectivity index (χ3n) is 2.56. The molecule has 0 amide bonds. The van der Waals surface area contributed by atoms with Gasteiger partial charge in [0, 0.05) is 25.0 Å². The van der Waals surface area contributed by atoms with Crippen LogP contribution in [0.2, 0.25) is 0 Å². The van der Waals surface area contributed by atoms with Crippen LogP contribution in [0.15, 0.2) is 40.3 Å². The smallest absolute Gasteiger partial charge is 0.161 e. The van der Waals surface area contributed by atoms with Crippen molar-refractivity contribution in [1.29, 1.82) is 0 Å². The molecule has 86 valence electrons. The van der Waals surface area contributed by atoms with Gasteiger partial charge in [-0.2, -0.15) is 0 Å². The van der Waals surface area contributed by atoms with E-state index in [4.69, 9.17) is 0 Å². The van der Waals surface area contributed by atoms with E-state index in [1.165, 1.54) is 5.57 Å². The third-order valence-corrected chi connectivity index (χ3v) is 2.56. The molecule has 1 rings (SSSR count). The van der Waals surface area contributed by atoms with Crippen LogP contribution >= 0.6 is 0 Å². The number of Topliss-reactive ketones (excluding diaryl/α,β-unsaturated/α-hetero) is 1. The number of aliphatic imine (C=N–C) groups is 1. The molecule has 0 saturated carbocycles. The van der Waals surface area contributed by atoms with Crippen molar-refractivity contribution in [3.8, 4) is 0 Å². The first kappa shape index (κ1) is 12.4. The Balaban J connectivity index is 3.20. The second-order valence-corrected chi connectivity index (χ2v) is 3.89. The summed E-state index contributed by atoms with van der Waals surface area (Å²) >= 11 is 0. The quantitative estimate of drug-likeness (QED) is 0.682. The Morgan fingerprint density at radius 3 is 2.69 bits per heavy atom. The van der Waals surface area contributed by atoms with Crippen LogP contribution in [0.3, 0.4) is 0 Å². The molecule has 3 nitrogen and oxygen atoms in total. The average molecular weight is 218 g/mol. The number of hydrogen-bond donors (Lipinski definition) is 0. The first-order chi connectivity index (χ1) is 7.56. The highest BCUT2D eigenvalue weighted by molar-refractivity contribution is 6.02. The largest absolute Gasteiger partial charge is 0.348 e. The average Bonchev–Trinajstić information content (AvgIpc) is 2.26. The first-order valence-corrected chi connectivity index (χ1v) is 5.41. The molecule has 0 aromatic rings. The fourth-order valence-electron chi connectivity index (χ4n) is 1.39. The van der Waals surface area contributed by atoms with E-state index in [0.29, 0.717) is 0 Å². The molecule has 3 heteroatoms. The molecule has 0 fully saturated rings. The van der Waals surface area contributed by atoms with Gasteiger partial charge in [-0.25, -0.2) is 0 Å². The third kappa shape index (κ3) is 2.92. The maximum atomic E-state index is 11.6. The molecule has 0 aromatic heterocycles. The lowest BCUT2D eigenvalue weighted by molar-refractivity contribution is -0.113. The molecule has 1 heterocycles. The summed E-state index contributed by atoms with van der Waals surface area (Å²) < 4.78 is 0. The Morgan fingerprint density at radius 1 is 1.50 bits per heavy atom. The molecular formula is C13H18N2O. The molecule has 0 N–H and O–H groups in total. The van der Waals surface area contributed by atoms with Crippen LogP contribution in [0.5, 0.6) is 0 Å². The van der Waals surface area contributed by atoms with E-state index in [2.05, 4.69) is 11.9 Å². The number of ketones is 1. The Labute approximate surface area is 96.9 Å². The summed E-state index contributed by atoms with van der Waals surface area (Å²) in [6, 6.07) is 0. The fraction of sp³-hybridized carbons (Fsp3) is 0.385. The zero-order valence-electron chi connectivity index (χ0n) is 10.3. The highest BCUT2D eigenvalue weighted by atomic mass is 16.1. The van der Waals surface area contributed by atoms with Gasteiger partial charge in [-0.1, -0.05) is 18.6 Å². The highest BCUT2D eigenvalue weighted by Crippen LogP contribution is 2.16. The highest BCUT2D eigenvalue weighted by Gasteiger charge is 2.12. The maximum Gasteiger partial charge on any atom is 0.161 e. The van der Waals surface area contributed by atoms with Crippen LogP contribution in [0.1, 0.15) is 27.2 Å². The molecule has 0 bridgehead atoms. The lowest BCUT2D eigenvalue weighted by Gasteiger charge is -2.19. The Hall–Kier alpha value is -1.64. The summed E-state index contributed by atoms with van der Waals surface area (Å²) in [5.74, 6) is 0.0661. The lowest BCUT2D eigenvalue weighted by Crippen LogP contribution is -2.18. The van der Waals surface area contributed by atoms with E-state index in [9.17, 15) is 4.79 Å². The summed E-state index contributed by atoms with van der Waals surface area (Å²) in [4.78, 5) is 17.6. The molecule has 0 atom stereocenters. The van der Waals surface area contributed by atoms with Crippen LogP contribution in [0, 0.1) is 0 Å². The van der Waals surface area contributed by atoms with E-state index in [0.717, 1.165) is 17.7 Å². The van der Waals surface area contributed by atoms with Gasteiger partial charge >= 0.3 is 0 Å². The molecule has 0 aliphatic carbocycles. The lowest BCUT2D eigenvalue weighted by atomic mass is 10.0. The number of rotatable bonds is 3. The number of nitrogens with zero attached hydrogens (tertiary/aromatic N) is 2. The van der Waals surface area contributed by atoms with Gasteiger partial charge in [0.25, 0.3) is 0 Å². The zero-order chi connectivity index (χ0) is 12.1.